The topological polar surface area (TPSA) is 94.9 Å². The molecule has 0 aromatic rings. The van der Waals surface area contributed by atoms with Crippen molar-refractivity contribution in [3.63, 3.8) is 0 Å². The van der Waals surface area contributed by atoms with Gasteiger partial charge in [-0.2, -0.15) is 0 Å². The number of likely N-dealkylation sites (tertiary alicyclic amines) is 1. The second-order valence-electron chi connectivity index (χ2n) is 11.1. The van der Waals surface area contributed by atoms with E-state index < -0.39 is 22.7 Å². The lowest BCUT2D eigenvalue weighted by Crippen LogP contribution is -2.81. The summed E-state index contributed by atoms with van der Waals surface area (Å²) in [6.07, 6.45) is 1.75. The van der Waals surface area contributed by atoms with Crippen LogP contribution in [-0.2, 0) is 14.2 Å². The van der Waals surface area contributed by atoms with Crippen molar-refractivity contribution in [2.24, 2.45) is 29.1 Å². The summed E-state index contributed by atoms with van der Waals surface area (Å²) in [5.74, 6) is 0.216. The number of fused-ring (bicyclic) bond motifs is 2. The number of methoxy groups -OCH3 is 2. The maximum atomic E-state index is 12.4. The van der Waals surface area contributed by atoms with Gasteiger partial charge >= 0.3 is 0 Å². The molecule has 162 valence electrons. The second kappa shape index (κ2) is 5.03. The van der Waals surface area contributed by atoms with Gasteiger partial charge < -0.3 is 29.5 Å². The SMILES string of the molecule is CCN1C[C@]23O[C@H]2C[C@H](O)[C@@]24C5C[C@H]6C(OC)C5[C@](O)(C[C@@H]6OC)[C@@](O)(CC23)C14. The summed E-state index contributed by atoms with van der Waals surface area (Å²) in [6, 6.07) is -0.242. The third kappa shape index (κ3) is 1.55. The predicted molar refractivity (Wildman–Crippen MR) is 101 cm³/mol. The highest BCUT2D eigenvalue weighted by Crippen LogP contribution is 2.81. The van der Waals surface area contributed by atoms with Gasteiger partial charge in [-0.05, 0) is 25.3 Å². The lowest BCUT2D eigenvalue weighted by Gasteiger charge is -2.67. The third-order valence-corrected chi connectivity index (χ3v) is 11.0. The Balaban J connectivity index is 1.51. The minimum atomic E-state index is -1.29. The van der Waals surface area contributed by atoms with Gasteiger partial charge in [0.2, 0.25) is 0 Å². The molecule has 2 heterocycles. The molecule has 13 atom stereocenters. The first-order valence-corrected chi connectivity index (χ1v) is 11.4. The third-order valence-electron chi connectivity index (χ3n) is 11.0. The molecule has 0 aromatic carbocycles. The highest BCUT2D eigenvalue weighted by atomic mass is 16.6. The quantitative estimate of drug-likeness (QED) is 0.556. The van der Waals surface area contributed by atoms with Gasteiger partial charge in [0.25, 0.3) is 0 Å². The number of ether oxygens (including phenoxy) is 3. The van der Waals surface area contributed by atoms with E-state index in [0.717, 1.165) is 19.5 Å². The fraction of sp³-hybridized carbons (Fsp3) is 1.00. The Bertz CT molecular complexity index is 780. The number of aliphatic hydroxyl groups is 3. The molecule has 7 aliphatic rings. The van der Waals surface area contributed by atoms with E-state index >= 15 is 0 Å². The first-order chi connectivity index (χ1) is 13.8. The lowest BCUT2D eigenvalue weighted by atomic mass is 9.45. The standard InChI is InChI=1S/C22H33NO6/c1-4-23-9-19-13-8-21(26)18(23)22(13,14(24)6-15(19)29-19)11-5-10-12(27-2)7-20(21,25)16(11)17(10)28-3/h10-18,24-26H,4-9H2,1-3H3/t10-,11?,12+,13?,14+,15+,16?,17?,18?,19-,20-,21-,22-/m1/s1. The van der Waals surface area contributed by atoms with Crippen molar-refractivity contribution in [1.29, 1.82) is 0 Å². The fourth-order valence-electron chi connectivity index (χ4n) is 10.3. The number of hydrogen-bond donors (Lipinski definition) is 3. The van der Waals surface area contributed by atoms with Crippen LogP contribution in [0.3, 0.4) is 0 Å². The average Bonchev–Trinajstić information content (AvgIpc) is 3.18. The number of piperidine rings is 1. The molecule has 7 heteroatoms. The van der Waals surface area contributed by atoms with Crippen molar-refractivity contribution in [2.45, 2.75) is 79.9 Å². The first kappa shape index (κ1) is 18.3. The maximum Gasteiger partial charge on any atom is 0.111 e. The molecule has 7 nitrogen and oxygen atoms in total. The van der Waals surface area contributed by atoms with Crippen LogP contribution >= 0.6 is 0 Å². The van der Waals surface area contributed by atoms with E-state index in [-0.39, 0.29) is 53.6 Å². The summed E-state index contributed by atoms with van der Waals surface area (Å²) < 4.78 is 18.2. The Kier molecular flexibility index (Phi) is 3.18. The molecule has 3 N–H and O–H groups in total. The zero-order chi connectivity index (χ0) is 20.1. The second-order valence-corrected chi connectivity index (χ2v) is 11.1. The molecule has 0 aromatic heterocycles. The van der Waals surface area contributed by atoms with Crippen LogP contribution in [0.1, 0.15) is 32.6 Å². The predicted octanol–water partition coefficient (Wildman–Crippen LogP) is -0.239. The van der Waals surface area contributed by atoms with E-state index in [0.29, 0.717) is 19.3 Å². The van der Waals surface area contributed by atoms with Crippen molar-refractivity contribution >= 4 is 0 Å². The molecule has 5 unspecified atom stereocenters. The van der Waals surface area contributed by atoms with Crippen molar-refractivity contribution in [2.75, 3.05) is 27.3 Å². The Morgan fingerprint density at radius 1 is 1.10 bits per heavy atom. The van der Waals surface area contributed by atoms with Crippen molar-refractivity contribution < 1.29 is 29.5 Å². The van der Waals surface area contributed by atoms with E-state index in [4.69, 9.17) is 14.2 Å². The largest absolute Gasteiger partial charge is 0.392 e. The number of nitrogens with zero attached hydrogens (tertiary/aromatic N) is 1. The smallest absolute Gasteiger partial charge is 0.111 e. The Hall–Kier alpha value is -0.280. The van der Waals surface area contributed by atoms with Gasteiger partial charge in [-0.3, -0.25) is 4.90 Å². The van der Waals surface area contributed by atoms with E-state index in [9.17, 15) is 15.3 Å². The Morgan fingerprint density at radius 3 is 2.59 bits per heavy atom. The van der Waals surface area contributed by atoms with E-state index in [1.165, 1.54) is 0 Å². The van der Waals surface area contributed by atoms with Crippen LogP contribution in [0.15, 0.2) is 0 Å². The van der Waals surface area contributed by atoms with Crippen LogP contribution in [0.25, 0.3) is 0 Å². The number of epoxide rings is 1. The Labute approximate surface area is 171 Å². The molecule has 0 amide bonds. The summed E-state index contributed by atoms with van der Waals surface area (Å²) >= 11 is 0. The maximum absolute atomic E-state index is 12.4. The van der Waals surface area contributed by atoms with Gasteiger partial charge in [-0.1, -0.05) is 6.92 Å². The molecule has 2 saturated heterocycles. The summed E-state index contributed by atoms with van der Waals surface area (Å²) in [5, 5.41) is 36.4. The first-order valence-electron chi connectivity index (χ1n) is 11.4. The molecule has 2 spiro atoms. The summed E-state index contributed by atoms with van der Waals surface area (Å²) in [5.41, 5.74) is -3.26. The Morgan fingerprint density at radius 2 is 1.90 bits per heavy atom. The van der Waals surface area contributed by atoms with Crippen LogP contribution in [0.2, 0.25) is 0 Å². The monoisotopic (exact) mass is 407 g/mol. The molecular weight excluding hydrogens is 374 g/mol. The molecule has 7 fully saturated rings. The van der Waals surface area contributed by atoms with Crippen molar-refractivity contribution in [1.82, 2.24) is 4.90 Å². The number of aliphatic hydroxyl groups excluding tert-OH is 1. The minimum Gasteiger partial charge on any atom is -0.392 e. The normalized spacial score (nSPS) is 68.7. The van der Waals surface area contributed by atoms with Gasteiger partial charge in [0.1, 0.15) is 16.8 Å². The highest BCUT2D eigenvalue weighted by molar-refractivity contribution is 5.41. The number of likely N-dealkylation sites (N-methyl/N-ethyl adjacent to an activating group) is 1. The zero-order valence-corrected chi connectivity index (χ0v) is 17.5. The van der Waals surface area contributed by atoms with E-state index in [1.807, 2.05) is 0 Å². The zero-order valence-electron chi connectivity index (χ0n) is 17.5. The molecule has 2 aliphatic heterocycles. The van der Waals surface area contributed by atoms with Crippen LogP contribution in [0.5, 0.6) is 0 Å². The molecular formula is C22H33NO6. The molecule has 7 bridgehead atoms. The van der Waals surface area contributed by atoms with Crippen molar-refractivity contribution in [3.8, 4) is 0 Å². The molecule has 7 rings (SSSR count). The van der Waals surface area contributed by atoms with Gasteiger partial charge in [0.15, 0.2) is 0 Å². The van der Waals surface area contributed by atoms with Crippen LogP contribution in [0, 0.1) is 29.1 Å². The van der Waals surface area contributed by atoms with Crippen LogP contribution in [0.4, 0.5) is 0 Å². The van der Waals surface area contributed by atoms with Crippen LogP contribution in [-0.4, -0.2) is 94.8 Å². The fourth-order valence-corrected chi connectivity index (χ4v) is 10.3. The van der Waals surface area contributed by atoms with Crippen LogP contribution < -0.4 is 0 Å². The van der Waals surface area contributed by atoms with E-state index in [2.05, 4.69) is 11.8 Å². The molecule has 5 aliphatic carbocycles. The number of hydrogen-bond acceptors (Lipinski definition) is 7. The van der Waals surface area contributed by atoms with Crippen molar-refractivity contribution in [3.05, 3.63) is 0 Å². The number of rotatable bonds is 3. The minimum absolute atomic E-state index is 0.0858. The molecule has 5 saturated carbocycles. The highest BCUT2D eigenvalue weighted by Gasteiger charge is 2.91. The lowest BCUT2D eigenvalue weighted by molar-refractivity contribution is -0.304. The van der Waals surface area contributed by atoms with Gasteiger partial charge in [0.05, 0.1) is 30.5 Å². The summed E-state index contributed by atoms with van der Waals surface area (Å²) in [4.78, 5) is 2.33. The summed E-state index contributed by atoms with van der Waals surface area (Å²) in [7, 11) is 3.42. The molecule has 0 radical (unpaired) electrons. The summed E-state index contributed by atoms with van der Waals surface area (Å²) in [6.45, 7) is 3.71. The van der Waals surface area contributed by atoms with Gasteiger partial charge in [-0.25, -0.2) is 0 Å². The van der Waals surface area contributed by atoms with E-state index in [1.54, 1.807) is 14.2 Å². The average molecular weight is 408 g/mol. The van der Waals surface area contributed by atoms with Gasteiger partial charge in [-0.15, -0.1) is 0 Å². The molecule has 29 heavy (non-hydrogen) atoms. The van der Waals surface area contributed by atoms with Gasteiger partial charge in [0, 0.05) is 56.8 Å².